The third kappa shape index (κ3) is 2.69. The summed E-state index contributed by atoms with van der Waals surface area (Å²) in [5, 5.41) is 8.86. The number of nitrogens with one attached hydrogen (secondary N) is 1. The van der Waals surface area contributed by atoms with E-state index in [1.165, 1.54) is 5.70 Å². The van der Waals surface area contributed by atoms with Crippen LogP contribution in [0.3, 0.4) is 0 Å². The van der Waals surface area contributed by atoms with E-state index < -0.39 is 0 Å². The van der Waals surface area contributed by atoms with Crippen LogP contribution in [0.15, 0.2) is 23.4 Å². The largest absolute Gasteiger partial charge is 0.338 e. The van der Waals surface area contributed by atoms with Crippen LogP contribution in [0.5, 0.6) is 0 Å². The molecular weight excluding hydrogens is 258 g/mol. The molecule has 1 aromatic heterocycles. The van der Waals surface area contributed by atoms with Crippen LogP contribution >= 0.6 is 11.8 Å². The van der Waals surface area contributed by atoms with Gasteiger partial charge < -0.3 is 10.2 Å². The van der Waals surface area contributed by atoms with Gasteiger partial charge in [-0.05, 0) is 25.2 Å². The molecule has 0 unspecified atom stereocenters. The van der Waals surface area contributed by atoms with Gasteiger partial charge in [0.05, 0.1) is 0 Å². The first-order valence-corrected chi connectivity index (χ1v) is 7.94. The zero-order chi connectivity index (χ0) is 13.1. The second-order valence-corrected chi connectivity index (χ2v) is 5.45. The topological polar surface area (TPSA) is 46.0 Å². The van der Waals surface area contributed by atoms with Gasteiger partial charge >= 0.3 is 0 Å². The minimum absolute atomic E-state index is 0.851. The third-order valence-electron chi connectivity index (χ3n) is 3.42. The number of aromatic nitrogens is 3. The van der Waals surface area contributed by atoms with Crippen molar-refractivity contribution in [2.45, 2.75) is 18.0 Å². The highest BCUT2D eigenvalue weighted by atomic mass is 32.2. The maximum absolute atomic E-state index is 4.68. The molecule has 19 heavy (non-hydrogen) atoms. The summed E-state index contributed by atoms with van der Waals surface area (Å²) in [6.45, 7) is 4.02. The van der Waals surface area contributed by atoms with E-state index in [0.717, 1.165) is 50.1 Å². The molecule has 2 aliphatic rings. The summed E-state index contributed by atoms with van der Waals surface area (Å²) in [7, 11) is 0. The van der Waals surface area contributed by atoms with E-state index in [0.29, 0.717) is 0 Å². The lowest BCUT2D eigenvalue weighted by atomic mass is 10.1. The van der Waals surface area contributed by atoms with Crippen LogP contribution in [0.4, 0.5) is 5.95 Å². The summed E-state index contributed by atoms with van der Waals surface area (Å²) in [4.78, 5) is 7.00. The van der Waals surface area contributed by atoms with Crippen LogP contribution in [-0.4, -0.2) is 47.2 Å². The first-order chi connectivity index (χ1) is 9.38. The van der Waals surface area contributed by atoms with Crippen LogP contribution in [0, 0.1) is 0 Å². The summed E-state index contributed by atoms with van der Waals surface area (Å²) >= 11 is 1.60. The Hall–Kier alpha value is -1.27. The van der Waals surface area contributed by atoms with Gasteiger partial charge in [0.2, 0.25) is 11.1 Å². The fourth-order valence-electron chi connectivity index (χ4n) is 2.40. The first-order valence-electron chi connectivity index (χ1n) is 6.71. The first kappa shape index (κ1) is 12.7. The lowest BCUT2D eigenvalue weighted by molar-refractivity contribution is 0.574. The Morgan fingerprint density at radius 1 is 1.32 bits per heavy atom. The lowest BCUT2D eigenvalue weighted by Crippen LogP contribution is -2.44. The van der Waals surface area contributed by atoms with E-state index in [2.05, 4.69) is 38.5 Å². The molecule has 5 nitrogen and oxygen atoms in total. The van der Waals surface area contributed by atoms with Crippen molar-refractivity contribution in [2.24, 2.45) is 0 Å². The molecule has 0 atom stereocenters. The Balaban J connectivity index is 1.94. The Kier molecular flexibility index (Phi) is 3.89. The van der Waals surface area contributed by atoms with Gasteiger partial charge in [0, 0.05) is 31.9 Å². The number of hydrogen-bond acceptors (Lipinski definition) is 5. The van der Waals surface area contributed by atoms with Gasteiger partial charge in [0.15, 0.2) is 0 Å². The third-order valence-corrected chi connectivity index (χ3v) is 3.96. The fourth-order valence-corrected chi connectivity index (χ4v) is 2.74. The standard InChI is InChI=1S/C13H19N5S/c1-19-12-15-13(17-9-7-14-8-10-17)18(16-12)11-5-3-2-4-6-11/h2-3,5,14H,4,6-10H2,1H3. The van der Waals surface area contributed by atoms with Crippen molar-refractivity contribution in [1.82, 2.24) is 20.1 Å². The van der Waals surface area contributed by atoms with Crippen LogP contribution in [0.1, 0.15) is 12.8 Å². The van der Waals surface area contributed by atoms with Crippen LogP contribution in [-0.2, 0) is 0 Å². The Labute approximate surface area is 117 Å². The summed E-state index contributed by atoms with van der Waals surface area (Å²) in [5.41, 5.74) is 1.24. The lowest BCUT2D eigenvalue weighted by Gasteiger charge is -2.28. The predicted molar refractivity (Wildman–Crippen MR) is 79.5 cm³/mol. The average molecular weight is 277 g/mol. The van der Waals surface area contributed by atoms with Gasteiger partial charge in [0.25, 0.3) is 0 Å². The highest BCUT2D eigenvalue weighted by molar-refractivity contribution is 7.98. The van der Waals surface area contributed by atoms with Gasteiger partial charge in [-0.1, -0.05) is 23.9 Å². The molecular formula is C13H19N5S. The smallest absolute Gasteiger partial charge is 0.229 e. The minimum Gasteiger partial charge on any atom is -0.338 e. The van der Waals surface area contributed by atoms with Crippen LogP contribution in [0.2, 0.25) is 0 Å². The minimum atomic E-state index is 0.851. The summed E-state index contributed by atoms with van der Waals surface area (Å²) in [5.74, 6) is 0.993. The van der Waals surface area contributed by atoms with E-state index in [9.17, 15) is 0 Å². The van der Waals surface area contributed by atoms with Gasteiger partial charge in [0.1, 0.15) is 0 Å². The zero-order valence-corrected chi connectivity index (χ0v) is 12.0. The summed E-state index contributed by atoms with van der Waals surface area (Å²) in [6.07, 6.45) is 10.6. The monoisotopic (exact) mass is 277 g/mol. The molecule has 0 amide bonds. The number of piperazine rings is 1. The van der Waals surface area contributed by atoms with Crippen molar-refractivity contribution in [3.05, 3.63) is 18.2 Å². The zero-order valence-electron chi connectivity index (χ0n) is 11.2. The van der Waals surface area contributed by atoms with Crippen molar-refractivity contribution >= 4 is 23.4 Å². The van der Waals surface area contributed by atoms with Crippen molar-refractivity contribution in [2.75, 3.05) is 37.3 Å². The molecule has 0 spiro atoms. The SMILES string of the molecule is CSc1nc(N2CCNCC2)n(C2=CC=CCC2)n1. The second-order valence-electron chi connectivity index (χ2n) is 4.67. The van der Waals surface area contributed by atoms with Crippen molar-refractivity contribution in [3.8, 4) is 0 Å². The van der Waals surface area contributed by atoms with E-state index in [4.69, 9.17) is 0 Å². The number of allylic oxidation sites excluding steroid dienone is 4. The predicted octanol–water partition coefficient (Wildman–Crippen LogP) is 1.60. The normalized spacial score (nSPS) is 19.6. The molecule has 0 aromatic carbocycles. The quantitative estimate of drug-likeness (QED) is 0.850. The molecule has 0 bridgehead atoms. The van der Waals surface area contributed by atoms with Gasteiger partial charge in [-0.25, -0.2) is 4.68 Å². The number of rotatable bonds is 3. The average Bonchev–Trinajstić information content (AvgIpc) is 2.93. The van der Waals surface area contributed by atoms with E-state index in [1.807, 2.05) is 10.9 Å². The molecule has 102 valence electrons. The molecule has 3 rings (SSSR count). The molecule has 1 aromatic rings. The highest BCUT2D eigenvalue weighted by Gasteiger charge is 2.20. The molecule has 0 saturated carbocycles. The Morgan fingerprint density at radius 3 is 2.84 bits per heavy atom. The molecule has 6 heteroatoms. The Morgan fingerprint density at radius 2 is 2.16 bits per heavy atom. The number of thioether (sulfide) groups is 1. The number of hydrogen-bond donors (Lipinski definition) is 1. The number of anilines is 1. The van der Waals surface area contributed by atoms with Crippen molar-refractivity contribution < 1.29 is 0 Å². The van der Waals surface area contributed by atoms with E-state index in [-0.39, 0.29) is 0 Å². The fraction of sp³-hybridized carbons (Fsp3) is 0.538. The highest BCUT2D eigenvalue weighted by Crippen LogP contribution is 2.25. The second kappa shape index (κ2) is 5.79. The van der Waals surface area contributed by atoms with Crippen molar-refractivity contribution in [3.63, 3.8) is 0 Å². The number of nitrogens with zero attached hydrogens (tertiary/aromatic N) is 4. The van der Waals surface area contributed by atoms with E-state index >= 15 is 0 Å². The van der Waals surface area contributed by atoms with Crippen molar-refractivity contribution in [1.29, 1.82) is 0 Å². The van der Waals surface area contributed by atoms with Gasteiger partial charge in [-0.2, -0.15) is 4.98 Å². The molecule has 1 aliphatic carbocycles. The molecule has 1 N–H and O–H groups in total. The van der Waals surface area contributed by atoms with E-state index in [1.54, 1.807) is 11.8 Å². The van der Waals surface area contributed by atoms with Gasteiger partial charge in [-0.15, -0.1) is 5.10 Å². The maximum Gasteiger partial charge on any atom is 0.229 e. The molecule has 2 heterocycles. The molecule has 1 aliphatic heterocycles. The van der Waals surface area contributed by atoms with Crippen LogP contribution in [0.25, 0.3) is 5.70 Å². The summed E-state index contributed by atoms with van der Waals surface area (Å²) in [6, 6.07) is 0. The van der Waals surface area contributed by atoms with Crippen LogP contribution < -0.4 is 10.2 Å². The van der Waals surface area contributed by atoms with Gasteiger partial charge in [-0.3, -0.25) is 0 Å². The molecule has 1 fully saturated rings. The molecule has 1 saturated heterocycles. The molecule has 0 radical (unpaired) electrons. The maximum atomic E-state index is 4.68. The summed E-state index contributed by atoms with van der Waals surface area (Å²) < 4.78 is 2.03. The Bertz CT molecular complexity index is 499.